The molecule has 192 valence electrons. The van der Waals surface area contributed by atoms with Crippen LogP contribution in [-0.4, -0.2) is 59.6 Å². The van der Waals surface area contributed by atoms with Gasteiger partial charge in [-0.1, -0.05) is 0 Å². The van der Waals surface area contributed by atoms with E-state index >= 15 is 0 Å². The number of rotatable bonds is 10. The predicted octanol–water partition coefficient (Wildman–Crippen LogP) is 6.48. The summed E-state index contributed by atoms with van der Waals surface area (Å²) in [5.74, 6) is -56.4. The molecule has 2 nitrogen and oxygen atoms in total. The normalized spacial score (nSPS) is 15.2. The zero-order chi connectivity index (χ0) is 26.5. The lowest BCUT2D eigenvalue weighted by atomic mass is 9.89. The van der Waals surface area contributed by atoms with Crippen LogP contribution in [-0.2, 0) is 0 Å². The number of aromatic hydroxyl groups is 1. The SMILES string of the molecule is Oc1ccc(OCC(F)(F)C(F)(F)C(F)(F)C(F)(F)C(F)(F)C(F)(F)C(F)(F)C(F)F)cc1. The molecule has 0 spiro atoms. The first-order valence-electron chi connectivity index (χ1n) is 7.76. The molecule has 18 heteroatoms. The van der Waals surface area contributed by atoms with Crippen LogP contribution in [0.25, 0.3) is 0 Å². The summed E-state index contributed by atoms with van der Waals surface area (Å²) in [7, 11) is 0. The minimum atomic E-state index is -8.44. The average Bonchev–Trinajstić information content (AvgIpc) is 2.66. The number of ether oxygens (including phenoxy) is 1. The summed E-state index contributed by atoms with van der Waals surface area (Å²) in [6.45, 7) is -2.98. The lowest BCUT2D eigenvalue weighted by Crippen LogP contribution is -2.74. The Morgan fingerprint density at radius 1 is 0.606 bits per heavy atom. The van der Waals surface area contributed by atoms with Crippen molar-refractivity contribution in [1.82, 2.24) is 0 Å². The van der Waals surface area contributed by atoms with E-state index in [9.17, 15) is 70.2 Å². The van der Waals surface area contributed by atoms with Gasteiger partial charge in [-0.05, 0) is 24.3 Å². The van der Waals surface area contributed by atoms with Crippen molar-refractivity contribution in [1.29, 1.82) is 0 Å². The van der Waals surface area contributed by atoms with Crippen molar-refractivity contribution >= 4 is 0 Å². The van der Waals surface area contributed by atoms with Crippen molar-refractivity contribution in [2.45, 2.75) is 47.9 Å². The van der Waals surface area contributed by atoms with Gasteiger partial charge in [0.2, 0.25) is 0 Å². The van der Waals surface area contributed by atoms with Crippen LogP contribution in [0.5, 0.6) is 11.5 Å². The Hall–Kier alpha value is -2.30. The minimum absolute atomic E-state index is 0.553. The molecule has 0 aliphatic heterocycles. The zero-order valence-corrected chi connectivity index (χ0v) is 15.0. The number of halogens is 16. The van der Waals surface area contributed by atoms with E-state index < -0.39 is 66.0 Å². The summed E-state index contributed by atoms with van der Waals surface area (Å²) in [4.78, 5) is 0. The van der Waals surface area contributed by atoms with Gasteiger partial charge in [0.25, 0.3) is 0 Å². The number of benzene rings is 1. The van der Waals surface area contributed by atoms with E-state index in [-0.39, 0.29) is 0 Å². The molecule has 0 aromatic heterocycles. The van der Waals surface area contributed by atoms with E-state index in [4.69, 9.17) is 5.11 Å². The fourth-order valence-corrected chi connectivity index (χ4v) is 1.97. The Kier molecular flexibility index (Phi) is 7.12. The molecule has 0 aliphatic carbocycles. The maximum Gasteiger partial charge on any atom is 0.385 e. The van der Waals surface area contributed by atoms with Crippen LogP contribution in [0, 0.1) is 0 Å². The Morgan fingerprint density at radius 3 is 1.36 bits per heavy atom. The van der Waals surface area contributed by atoms with Crippen molar-refractivity contribution in [3.8, 4) is 11.5 Å². The second kappa shape index (κ2) is 8.18. The fraction of sp³-hybridized carbons (Fsp3) is 0.600. The highest BCUT2D eigenvalue weighted by Gasteiger charge is 2.93. The van der Waals surface area contributed by atoms with E-state index in [1.807, 2.05) is 0 Å². The molecule has 0 saturated carbocycles. The summed E-state index contributed by atoms with van der Waals surface area (Å²) in [5.41, 5.74) is 0. The molecule has 0 unspecified atom stereocenters. The number of alkyl halides is 16. The molecule has 0 bridgehead atoms. The average molecular weight is 524 g/mol. The summed E-state index contributed by atoms with van der Waals surface area (Å²) in [6.07, 6.45) is -5.89. The molecule has 0 aliphatic rings. The quantitative estimate of drug-likeness (QED) is 0.355. The molecule has 0 amide bonds. The second-order valence-corrected chi connectivity index (χ2v) is 6.28. The molecular formula is C15H8F16O2. The maximum atomic E-state index is 13.6. The largest absolute Gasteiger partial charge is 0.508 e. The number of phenols is 1. The predicted molar refractivity (Wildman–Crippen MR) is 74.2 cm³/mol. The minimum Gasteiger partial charge on any atom is -0.508 e. The van der Waals surface area contributed by atoms with Crippen molar-refractivity contribution in [2.75, 3.05) is 6.61 Å². The monoisotopic (exact) mass is 524 g/mol. The highest BCUT2D eigenvalue weighted by molar-refractivity contribution is 5.30. The van der Waals surface area contributed by atoms with E-state index in [1.165, 1.54) is 0 Å². The van der Waals surface area contributed by atoms with E-state index in [2.05, 4.69) is 4.74 Å². The topological polar surface area (TPSA) is 29.5 Å². The van der Waals surface area contributed by atoms with Gasteiger partial charge in [0.05, 0.1) is 0 Å². The zero-order valence-electron chi connectivity index (χ0n) is 15.0. The van der Waals surface area contributed by atoms with Gasteiger partial charge in [-0.2, -0.15) is 61.5 Å². The molecule has 0 radical (unpaired) electrons. The van der Waals surface area contributed by atoms with Gasteiger partial charge in [-0.3, -0.25) is 0 Å². The van der Waals surface area contributed by atoms with Crippen LogP contribution in [0.4, 0.5) is 70.2 Å². The third kappa shape index (κ3) is 4.20. The lowest BCUT2D eigenvalue weighted by Gasteiger charge is -2.42. The Morgan fingerprint density at radius 2 is 0.970 bits per heavy atom. The van der Waals surface area contributed by atoms with Crippen molar-refractivity contribution in [3.05, 3.63) is 24.3 Å². The van der Waals surface area contributed by atoms with Crippen molar-refractivity contribution in [3.63, 3.8) is 0 Å². The van der Waals surface area contributed by atoms with Crippen LogP contribution in [0.2, 0.25) is 0 Å². The van der Waals surface area contributed by atoms with Gasteiger partial charge in [-0.15, -0.1) is 0 Å². The molecular weight excluding hydrogens is 516 g/mol. The summed E-state index contributed by atoms with van der Waals surface area (Å²) in [5, 5.41) is 8.90. The molecule has 0 heterocycles. The smallest absolute Gasteiger partial charge is 0.385 e. The van der Waals surface area contributed by atoms with E-state index in [0.717, 1.165) is 0 Å². The number of phenolic OH excluding ortho intramolecular Hbond substituents is 1. The first-order valence-corrected chi connectivity index (χ1v) is 7.76. The van der Waals surface area contributed by atoms with Gasteiger partial charge in [0, 0.05) is 0 Å². The van der Waals surface area contributed by atoms with Crippen molar-refractivity contribution in [2.24, 2.45) is 0 Å². The molecule has 0 atom stereocenters. The number of hydrogen-bond donors (Lipinski definition) is 1. The second-order valence-electron chi connectivity index (χ2n) is 6.28. The molecule has 33 heavy (non-hydrogen) atoms. The molecule has 0 saturated heterocycles. The third-order valence-electron chi connectivity index (χ3n) is 3.99. The third-order valence-corrected chi connectivity index (χ3v) is 3.99. The highest BCUT2D eigenvalue weighted by Crippen LogP contribution is 2.62. The Labute approximate surface area is 171 Å². The van der Waals surface area contributed by atoms with Crippen LogP contribution in [0.15, 0.2) is 24.3 Å². The molecule has 0 fully saturated rings. The van der Waals surface area contributed by atoms with Crippen LogP contribution in [0.1, 0.15) is 0 Å². The highest BCUT2D eigenvalue weighted by atomic mass is 19.4. The number of hydrogen-bond acceptors (Lipinski definition) is 2. The van der Waals surface area contributed by atoms with E-state index in [1.54, 1.807) is 0 Å². The van der Waals surface area contributed by atoms with Gasteiger partial charge >= 0.3 is 47.9 Å². The molecule has 1 N–H and O–H groups in total. The van der Waals surface area contributed by atoms with Gasteiger partial charge in [0.1, 0.15) is 11.5 Å². The summed E-state index contributed by atoms with van der Waals surface area (Å²) < 4.78 is 214. The standard InChI is InChI=1S/C15H8F16O2/c16-8(17)10(20,21)12(24,25)14(28,29)15(30,31)13(26,27)11(22,23)9(18,19)5-33-7-3-1-6(32)2-4-7/h1-4,8,32H,5H2. The van der Waals surface area contributed by atoms with Gasteiger partial charge in [-0.25, -0.2) is 8.78 Å². The maximum absolute atomic E-state index is 13.6. The van der Waals surface area contributed by atoms with Crippen molar-refractivity contribution < 1.29 is 80.1 Å². The molecule has 1 aromatic carbocycles. The molecule has 1 rings (SSSR count). The first kappa shape index (κ1) is 28.7. The van der Waals surface area contributed by atoms with Gasteiger partial charge in [0.15, 0.2) is 6.61 Å². The first-order chi connectivity index (χ1) is 14.4. The Bertz CT molecular complexity index is 818. The lowest BCUT2D eigenvalue weighted by molar-refractivity contribution is -0.447. The van der Waals surface area contributed by atoms with Crippen LogP contribution < -0.4 is 4.74 Å². The van der Waals surface area contributed by atoms with Crippen LogP contribution >= 0.6 is 0 Å². The fourth-order valence-electron chi connectivity index (χ4n) is 1.97. The Balaban J connectivity index is 3.40. The van der Waals surface area contributed by atoms with Crippen LogP contribution in [0.3, 0.4) is 0 Å². The van der Waals surface area contributed by atoms with E-state index in [0.29, 0.717) is 24.3 Å². The van der Waals surface area contributed by atoms with Gasteiger partial charge < -0.3 is 9.84 Å². The summed E-state index contributed by atoms with van der Waals surface area (Å²) >= 11 is 0. The summed E-state index contributed by atoms with van der Waals surface area (Å²) in [6, 6.07) is 2.44. The molecule has 1 aromatic rings.